The van der Waals surface area contributed by atoms with Crippen molar-refractivity contribution in [2.75, 3.05) is 6.61 Å². The normalized spacial score (nSPS) is 10.3. The summed E-state index contributed by atoms with van der Waals surface area (Å²) in [7, 11) is 0. The number of aromatic hydroxyl groups is 5. The molecule has 156 valence electrons. The quantitative estimate of drug-likeness (QED) is 0.297. The number of hydrogen-bond acceptors (Lipinski definition) is 9. The minimum atomic E-state index is -0.888. The van der Waals surface area contributed by atoms with Crippen LogP contribution in [0.4, 0.5) is 0 Å². The molecule has 0 aliphatic rings. The van der Waals surface area contributed by atoms with Crippen LogP contribution in [0.25, 0.3) is 0 Å². The monoisotopic (exact) mass is 421 g/mol. The van der Waals surface area contributed by atoms with Crippen molar-refractivity contribution in [2.24, 2.45) is 0 Å². The summed E-state index contributed by atoms with van der Waals surface area (Å²) >= 11 is 0. The molecule has 0 saturated carbocycles. The van der Waals surface area contributed by atoms with Gasteiger partial charge in [-0.25, -0.2) is 0 Å². The van der Waals surface area contributed by atoms with E-state index in [9.17, 15) is 35.1 Å². The number of nitrogens with zero attached hydrogens (tertiary/aromatic N) is 1. The molecule has 0 aliphatic heterocycles. The van der Waals surface area contributed by atoms with Crippen LogP contribution in [0.1, 0.15) is 31.8 Å². The molecule has 0 radical (unpaired) electrons. The van der Waals surface area contributed by atoms with Crippen molar-refractivity contribution in [3.63, 3.8) is 0 Å². The zero-order valence-electron chi connectivity index (χ0n) is 15.7. The van der Waals surface area contributed by atoms with E-state index in [1.165, 1.54) is 24.3 Å². The lowest BCUT2D eigenvalue weighted by Gasteiger charge is -2.12. The van der Waals surface area contributed by atoms with Gasteiger partial charge in [0.15, 0.2) is 41.2 Å². The highest BCUT2D eigenvalue weighted by Crippen LogP contribution is 2.41. The molecule has 0 atom stereocenters. The molecule has 0 bridgehead atoms. The molecule has 9 heteroatoms. The van der Waals surface area contributed by atoms with Gasteiger partial charge in [-0.15, -0.1) is 0 Å². The second-order valence-electron chi connectivity index (χ2n) is 6.40. The molecule has 3 aromatic carbocycles. The molecule has 5 N–H and O–H groups in total. The molecule has 0 spiro atoms. The molecule has 0 unspecified atom stereocenters. The first-order valence-corrected chi connectivity index (χ1v) is 8.73. The van der Waals surface area contributed by atoms with E-state index in [4.69, 9.17) is 10.00 Å². The van der Waals surface area contributed by atoms with Crippen molar-refractivity contribution in [1.82, 2.24) is 0 Å². The van der Waals surface area contributed by atoms with Gasteiger partial charge in [0, 0.05) is 11.1 Å². The Bertz CT molecular complexity index is 1200. The second-order valence-corrected chi connectivity index (χ2v) is 6.40. The predicted molar refractivity (Wildman–Crippen MR) is 106 cm³/mol. The number of Topliss-reactive ketones (excluding diaryl/α,β-unsaturated/α-hetero) is 1. The first-order valence-electron chi connectivity index (χ1n) is 8.73. The number of phenols is 5. The van der Waals surface area contributed by atoms with Gasteiger partial charge in [0.2, 0.25) is 11.5 Å². The number of phenolic OH excluding ortho intramolecular Hbond substituents is 5. The van der Waals surface area contributed by atoms with Crippen LogP contribution in [0.15, 0.2) is 48.5 Å². The van der Waals surface area contributed by atoms with Crippen molar-refractivity contribution in [1.29, 1.82) is 5.26 Å². The van der Waals surface area contributed by atoms with Crippen molar-refractivity contribution in [3.05, 3.63) is 70.8 Å². The lowest BCUT2D eigenvalue weighted by Crippen LogP contribution is -2.12. The van der Waals surface area contributed by atoms with Crippen molar-refractivity contribution in [3.8, 4) is 40.6 Å². The maximum atomic E-state index is 12.6. The van der Waals surface area contributed by atoms with E-state index in [2.05, 4.69) is 0 Å². The van der Waals surface area contributed by atoms with Gasteiger partial charge in [0.1, 0.15) is 0 Å². The predicted octanol–water partition coefficient (Wildman–Crippen LogP) is 2.58. The van der Waals surface area contributed by atoms with E-state index in [0.717, 1.165) is 24.3 Å². The summed E-state index contributed by atoms with van der Waals surface area (Å²) in [4.78, 5) is 24.8. The van der Waals surface area contributed by atoms with Crippen LogP contribution in [0, 0.1) is 11.3 Å². The number of ether oxygens (including phenoxy) is 1. The van der Waals surface area contributed by atoms with Crippen molar-refractivity contribution < 1.29 is 39.9 Å². The molecule has 3 rings (SSSR count). The summed E-state index contributed by atoms with van der Waals surface area (Å²) in [6, 6.07) is 11.7. The molecule has 9 nitrogen and oxygen atoms in total. The highest BCUT2D eigenvalue weighted by Gasteiger charge is 2.22. The Morgan fingerprint density at radius 1 is 0.806 bits per heavy atom. The minimum absolute atomic E-state index is 0.249. The minimum Gasteiger partial charge on any atom is -0.504 e. The van der Waals surface area contributed by atoms with Crippen LogP contribution in [-0.4, -0.2) is 43.7 Å². The van der Waals surface area contributed by atoms with Gasteiger partial charge in [0.05, 0.1) is 17.2 Å². The van der Waals surface area contributed by atoms with Crippen LogP contribution < -0.4 is 4.74 Å². The van der Waals surface area contributed by atoms with Gasteiger partial charge >= 0.3 is 0 Å². The number of hydrogen-bond donors (Lipinski definition) is 5. The fourth-order valence-corrected chi connectivity index (χ4v) is 2.74. The number of benzene rings is 3. The third kappa shape index (κ3) is 4.18. The maximum absolute atomic E-state index is 12.6. The van der Waals surface area contributed by atoms with Crippen molar-refractivity contribution in [2.45, 2.75) is 0 Å². The topological polar surface area (TPSA) is 168 Å². The largest absolute Gasteiger partial charge is 0.504 e. The molecular formula is C22H15NO8. The summed E-state index contributed by atoms with van der Waals surface area (Å²) in [6.45, 7) is -0.535. The molecule has 0 aromatic heterocycles. The van der Waals surface area contributed by atoms with Gasteiger partial charge in [-0.3, -0.25) is 9.59 Å². The second kappa shape index (κ2) is 8.34. The van der Waals surface area contributed by atoms with E-state index in [0.29, 0.717) is 5.56 Å². The fraction of sp³-hybridized carbons (Fsp3) is 0.0455. The number of carbonyl (C=O) groups is 2. The highest BCUT2D eigenvalue weighted by atomic mass is 16.5. The Balaban J connectivity index is 1.80. The summed E-state index contributed by atoms with van der Waals surface area (Å²) < 4.78 is 5.19. The third-order valence-corrected chi connectivity index (χ3v) is 4.37. The third-order valence-electron chi connectivity index (χ3n) is 4.37. The average Bonchev–Trinajstić information content (AvgIpc) is 2.76. The van der Waals surface area contributed by atoms with E-state index in [-0.39, 0.29) is 16.7 Å². The van der Waals surface area contributed by atoms with Crippen LogP contribution in [0.2, 0.25) is 0 Å². The number of ketones is 2. The molecule has 0 amide bonds. The molecule has 3 aromatic rings. The summed E-state index contributed by atoms with van der Waals surface area (Å²) in [6.07, 6.45) is 0. The number of nitriles is 1. The Morgan fingerprint density at radius 2 is 1.42 bits per heavy atom. The number of rotatable bonds is 6. The van der Waals surface area contributed by atoms with Gasteiger partial charge in [-0.2, -0.15) is 5.26 Å². The smallest absolute Gasteiger partial charge is 0.203 e. The highest BCUT2D eigenvalue weighted by molar-refractivity contribution is 6.11. The standard InChI is InChI=1S/C22H15NO8/c23-9-11-1-3-12(4-2-11)18(27)10-31-22-16(25)7-13(8-17(22)26)19(28)14-5-6-15(24)21(30)20(14)29/h1-8,24-26,29-30H,10H2. The van der Waals surface area contributed by atoms with E-state index < -0.39 is 52.7 Å². The van der Waals surface area contributed by atoms with E-state index in [1.807, 2.05) is 6.07 Å². The van der Waals surface area contributed by atoms with Crippen LogP contribution in [-0.2, 0) is 0 Å². The lowest BCUT2D eigenvalue weighted by atomic mass is 10.0. The Hall–Kier alpha value is -4.71. The molecule has 0 saturated heterocycles. The Labute approximate surface area is 175 Å². The SMILES string of the molecule is N#Cc1ccc(C(=O)COc2c(O)cc(C(=O)c3ccc(O)c(O)c3O)cc2O)cc1. The van der Waals surface area contributed by atoms with Crippen molar-refractivity contribution >= 4 is 11.6 Å². The van der Waals surface area contributed by atoms with Gasteiger partial charge in [-0.1, -0.05) is 0 Å². The maximum Gasteiger partial charge on any atom is 0.203 e. The molecule has 0 heterocycles. The zero-order valence-corrected chi connectivity index (χ0v) is 15.7. The molecular weight excluding hydrogens is 406 g/mol. The first kappa shape index (κ1) is 21.0. The Kier molecular flexibility index (Phi) is 5.65. The Morgan fingerprint density at radius 3 is 2.00 bits per heavy atom. The van der Waals surface area contributed by atoms with Crippen LogP contribution >= 0.6 is 0 Å². The summed E-state index contributed by atoms with van der Waals surface area (Å²) in [5, 5.41) is 57.9. The van der Waals surface area contributed by atoms with Crippen LogP contribution in [0.3, 0.4) is 0 Å². The van der Waals surface area contributed by atoms with Gasteiger partial charge in [0.25, 0.3) is 0 Å². The average molecular weight is 421 g/mol. The molecule has 0 fully saturated rings. The number of carbonyl (C=O) groups excluding carboxylic acids is 2. The van der Waals surface area contributed by atoms with Gasteiger partial charge in [-0.05, 0) is 48.5 Å². The summed E-state index contributed by atoms with van der Waals surface area (Å²) in [5.74, 6) is -5.44. The van der Waals surface area contributed by atoms with Crippen LogP contribution in [0.5, 0.6) is 34.5 Å². The molecule has 31 heavy (non-hydrogen) atoms. The van der Waals surface area contributed by atoms with E-state index >= 15 is 0 Å². The lowest BCUT2D eigenvalue weighted by molar-refractivity contribution is 0.0916. The van der Waals surface area contributed by atoms with Gasteiger partial charge < -0.3 is 30.3 Å². The van der Waals surface area contributed by atoms with E-state index in [1.54, 1.807) is 0 Å². The summed E-state index contributed by atoms with van der Waals surface area (Å²) in [5.41, 5.74) is 0.00769. The fourth-order valence-electron chi connectivity index (χ4n) is 2.74. The molecule has 0 aliphatic carbocycles. The first-order chi connectivity index (χ1) is 14.7. The zero-order chi connectivity index (χ0) is 22.7.